The number of thiophene rings is 1. The van der Waals surface area contributed by atoms with Crippen molar-refractivity contribution in [1.29, 1.82) is 0 Å². The second-order valence-electron chi connectivity index (χ2n) is 3.80. The second kappa shape index (κ2) is 5.97. The molecule has 2 rings (SSSR count). The van der Waals surface area contributed by atoms with Crippen molar-refractivity contribution in [1.82, 2.24) is 4.72 Å². The molecule has 0 radical (unpaired) electrons. The molecule has 1 aromatic carbocycles. The Balaban J connectivity index is 1.96. The normalized spacial score (nSPS) is 11.6. The van der Waals surface area contributed by atoms with Crippen LogP contribution in [0.2, 0.25) is 0 Å². The van der Waals surface area contributed by atoms with E-state index in [2.05, 4.69) is 20.7 Å². The molecule has 0 amide bonds. The quantitative estimate of drug-likeness (QED) is 0.904. The Labute approximate surface area is 119 Å². The van der Waals surface area contributed by atoms with Crippen LogP contribution in [0.1, 0.15) is 10.4 Å². The summed E-state index contributed by atoms with van der Waals surface area (Å²) in [6, 6.07) is 11.1. The van der Waals surface area contributed by atoms with Crippen LogP contribution >= 0.6 is 27.3 Å². The first-order chi connectivity index (χ1) is 8.55. The van der Waals surface area contributed by atoms with Gasteiger partial charge in [-0.15, -0.1) is 11.3 Å². The molecule has 0 aliphatic carbocycles. The summed E-state index contributed by atoms with van der Waals surface area (Å²) in [5.41, 5.74) is 0.789. The molecule has 18 heavy (non-hydrogen) atoms. The zero-order chi connectivity index (χ0) is 13.0. The molecule has 1 heterocycles. The van der Waals surface area contributed by atoms with Gasteiger partial charge in [0.05, 0.1) is 5.75 Å². The van der Waals surface area contributed by atoms with Crippen molar-refractivity contribution in [3.05, 3.63) is 56.7 Å². The number of sulfonamides is 1. The lowest BCUT2D eigenvalue weighted by atomic mass is 10.2. The van der Waals surface area contributed by atoms with E-state index in [-0.39, 0.29) is 5.75 Å². The molecule has 96 valence electrons. The molecule has 0 aliphatic heterocycles. The van der Waals surface area contributed by atoms with E-state index >= 15 is 0 Å². The van der Waals surface area contributed by atoms with Gasteiger partial charge in [0, 0.05) is 21.3 Å². The van der Waals surface area contributed by atoms with Crippen LogP contribution in [0.3, 0.4) is 0 Å². The fourth-order valence-corrected chi connectivity index (χ4v) is 4.06. The van der Waals surface area contributed by atoms with Gasteiger partial charge in [-0.2, -0.15) is 0 Å². The van der Waals surface area contributed by atoms with Crippen molar-refractivity contribution in [2.75, 3.05) is 0 Å². The SMILES string of the molecule is O=S(=O)(Cc1ccccc1)NCc1cc(Br)cs1. The van der Waals surface area contributed by atoms with E-state index in [4.69, 9.17) is 0 Å². The molecule has 1 aromatic heterocycles. The lowest BCUT2D eigenvalue weighted by Gasteiger charge is -2.05. The third kappa shape index (κ3) is 4.20. The molecular weight excluding hydrogens is 334 g/mol. The highest BCUT2D eigenvalue weighted by molar-refractivity contribution is 9.10. The van der Waals surface area contributed by atoms with E-state index in [0.29, 0.717) is 6.54 Å². The summed E-state index contributed by atoms with van der Waals surface area (Å²) in [4.78, 5) is 0.985. The van der Waals surface area contributed by atoms with Gasteiger partial charge in [0.25, 0.3) is 0 Å². The van der Waals surface area contributed by atoms with Gasteiger partial charge in [0.15, 0.2) is 0 Å². The van der Waals surface area contributed by atoms with Gasteiger partial charge >= 0.3 is 0 Å². The molecule has 0 fully saturated rings. The lowest BCUT2D eigenvalue weighted by Crippen LogP contribution is -2.24. The summed E-state index contributed by atoms with van der Waals surface area (Å²) in [6.45, 7) is 0.339. The van der Waals surface area contributed by atoms with Crippen LogP contribution in [0, 0.1) is 0 Å². The van der Waals surface area contributed by atoms with Crippen molar-refractivity contribution in [2.24, 2.45) is 0 Å². The highest BCUT2D eigenvalue weighted by Crippen LogP contribution is 2.19. The minimum Gasteiger partial charge on any atom is -0.212 e. The van der Waals surface area contributed by atoms with Crippen LogP contribution < -0.4 is 4.72 Å². The summed E-state index contributed by atoms with van der Waals surface area (Å²) in [5.74, 6) is 0.0143. The number of rotatable bonds is 5. The van der Waals surface area contributed by atoms with Gasteiger partial charge < -0.3 is 0 Å². The molecular formula is C12H12BrNO2S2. The van der Waals surface area contributed by atoms with E-state index in [1.807, 2.05) is 29.6 Å². The smallest absolute Gasteiger partial charge is 0.212 e. The third-order valence-electron chi connectivity index (χ3n) is 2.29. The van der Waals surface area contributed by atoms with E-state index in [1.165, 1.54) is 11.3 Å². The van der Waals surface area contributed by atoms with Crippen molar-refractivity contribution < 1.29 is 8.42 Å². The van der Waals surface area contributed by atoms with Crippen LogP contribution in [-0.2, 0) is 22.3 Å². The van der Waals surface area contributed by atoms with E-state index in [1.54, 1.807) is 12.1 Å². The van der Waals surface area contributed by atoms with Crippen LogP contribution in [0.4, 0.5) is 0 Å². The van der Waals surface area contributed by atoms with Crippen molar-refractivity contribution in [3.63, 3.8) is 0 Å². The molecule has 0 unspecified atom stereocenters. The summed E-state index contributed by atoms with van der Waals surface area (Å²) in [7, 11) is -3.28. The zero-order valence-corrected chi connectivity index (χ0v) is 12.7. The van der Waals surface area contributed by atoms with Crippen LogP contribution in [0.15, 0.2) is 46.3 Å². The highest BCUT2D eigenvalue weighted by Gasteiger charge is 2.11. The average molecular weight is 346 g/mol. The first-order valence-electron chi connectivity index (χ1n) is 5.29. The van der Waals surface area contributed by atoms with Gasteiger partial charge in [-0.25, -0.2) is 13.1 Å². The van der Waals surface area contributed by atoms with Gasteiger partial charge in [-0.1, -0.05) is 30.3 Å². The molecule has 0 spiro atoms. The maximum absolute atomic E-state index is 11.9. The molecule has 2 aromatic rings. The number of hydrogen-bond donors (Lipinski definition) is 1. The van der Waals surface area contributed by atoms with Gasteiger partial charge in [-0.05, 0) is 27.6 Å². The number of hydrogen-bond acceptors (Lipinski definition) is 3. The average Bonchev–Trinajstić information content (AvgIpc) is 2.74. The Morgan fingerprint density at radius 3 is 2.56 bits per heavy atom. The van der Waals surface area contributed by atoms with Gasteiger partial charge in [-0.3, -0.25) is 0 Å². The molecule has 0 atom stereocenters. The molecule has 1 N–H and O–H groups in total. The van der Waals surface area contributed by atoms with E-state index in [9.17, 15) is 8.42 Å². The van der Waals surface area contributed by atoms with Crippen LogP contribution in [0.5, 0.6) is 0 Å². The largest absolute Gasteiger partial charge is 0.216 e. The topological polar surface area (TPSA) is 46.2 Å². The zero-order valence-electron chi connectivity index (χ0n) is 9.47. The maximum Gasteiger partial charge on any atom is 0.216 e. The predicted octanol–water partition coefficient (Wildman–Crippen LogP) is 3.13. The summed E-state index contributed by atoms with van der Waals surface area (Å²) < 4.78 is 27.3. The van der Waals surface area contributed by atoms with Crippen LogP contribution in [-0.4, -0.2) is 8.42 Å². The van der Waals surface area contributed by atoms with Gasteiger partial charge in [0.1, 0.15) is 0 Å². The number of nitrogens with one attached hydrogen (secondary N) is 1. The lowest BCUT2D eigenvalue weighted by molar-refractivity contribution is 0.581. The Kier molecular flexibility index (Phi) is 4.55. The monoisotopic (exact) mass is 345 g/mol. The second-order valence-corrected chi connectivity index (χ2v) is 7.52. The predicted molar refractivity (Wildman–Crippen MR) is 77.9 cm³/mol. The summed E-state index contributed by atoms with van der Waals surface area (Å²) in [5, 5.41) is 1.93. The fraction of sp³-hybridized carbons (Fsp3) is 0.167. The first-order valence-corrected chi connectivity index (χ1v) is 8.62. The molecule has 0 bridgehead atoms. The van der Waals surface area contributed by atoms with Crippen LogP contribution in [0.25, 0.3) is 0 Å². The van der Waals surface area contributed by atoms with Crippen molar-refractivity contribution in [3.8, 4) is 0 Å². The Bertz CT molecular complexity index is 608. The number of halogens is 1. The Morgan fingerprint density at radius 2 is 1.94 bits per heavy atom. The summed E-state index contributed by atoms with van der Waals surface area (Å²) >= 11 is 4.86. The number of benzene rings is 1. The molecule has 0 saturated heterocycles. The minimum atomic E-state index is -3.28. The maximum atomic E-state index is 11.9. The van der Waals surface area contributed by atoms with Gasteiger partial charge in [0.2, 0.25) is 10.0 Å². The first kappa shape index (κ1) is 13.7. The Morgan fingerprint density at radius 1 is 1.22 bits per heavy atom. The van der Waals surface area contributed by atoms with Crippen molar-refractivity contribution in [2.45, 2.75) is 12.3 Å². The highest BCUT2D eigenvalue weighted by atomic mass is 79.9. The fourth-order valence-electron chi connectivity index (χ4n) is 1.47. The Hall–Kier alpha value is -0.690. The summed E-state index contributed by atoms with van der Waals surface area (Å²) in [6.07, 6.45) is 0. The molecule has 6 heteroatoms. The van der Waals surface area contributed by atoms with E-state index < -0.39 is 10.0 Å². The third-order valence-corrected chi connectivity index (χ3v) is 5.28. The molecule has 3 nitrogen and oxygen atoms in total. The van der Waals surface area contributed by atoms with E-state index in [0.717, 1.165) is 14.9 Å². The molecule has 0 saturated carbocycles. The molecule has 0 aliphatic rings. The van der Waals surface area contributed by atoms with Crippen molar-refractivity contribution >= 4 is 37.3 Å². The minimum absolute atomic E-state index is 0.0143. The standard InChI is InChI=1S/C12H12BrNO2S2/c13-11-6-12(17-8-11)7-14-18(15,16)9-10-4-2-1-3-5-10/h1-6,8,14H,7,9H2.